The second kappa shape index (κ2) is 8.20. The average molecular weight is 350 g/mol. The van der Waals surface area contributed by atoms with Gasteiger partial charge in [-0.1, -0.05) is 42.5 Å². The number of hydrogen-bond acceptors (Lipinski definition) is 4. The molecular formula is C20H19FN4O. The second-order valence-electron chi connectivity index (χ2n) is 5.71. The quantitative estimate of drug-likeness (QED) is 0.733. The van der Waals surface area contributed by atoms with Gasteiger partial charge in [0, 0.05) is 13.1 Å². The molecule has 0 saturated heterocycles. The third kappa shape index (κ3) is 4.22. The standard InChI is InChI=1S/C20H19FN4O/c1-2-25(14-15-8-4-3-5-9-15)19-13-12-18(23-24-19)20(26)22-17-11-7-6-10-16(17)21/h3-13H,2,14H2,1H3,(H,22,26). The lowest BCUT2D eigenvalue weighted by Crippen LogP contribution is -2.24. The summed E-state index contributed by atoms with van der Waals surface area (Å²) in [6, 6.07) is 19.4. The summed E-state index contributed by atoms with van der Waals surface area (Å²) >= 11 is 0. The first-order valence-corrected chi connectivity index (χ1v) is 8.36. The smallest absolute Gasteiger partial charge is 0.276 e. The molecule has 0 radical (unpaired) electrons. The van der Waals surface area contributed by atoms with Gasteiger partial charge in [-0.15, -0.1) is 10.2 Å². The first-order valence-electron chi connectivity index (χ1n) is 8.36. The Kier molecular flexibility index (Phi) is 5.53. The van der Waals surface area contributed by atoms with E-state index in [9.17, 15) is 9.18 Å². The number of nitrogens with one attached hydrogen (secondary N) is 1. The molecule has 2 aromatic carbocycles. The highest BCUT2D eigenvalue weighted by Crippen LogP contribution is 2.16. The Balaban J connectivity index is 1.70. The van der Waals surface area contributed by atoms with E-state index in [-0.39, 0.29) is 11.4 Å². The van der Waals surface area contributed by atoms with E-state index in [1.165, 1.54) is 12.1 Å². The van der Waals surface area contributed by atoms with Crippen LogP contribution in [0.2, 0.25) is 0 Å². The monoisotopic (exact) mass is 350 g/mol. The van der Waals surface area contributed by atoms with Crippen molar-refractivity contribution in [3.8, 4) is 0 Å². The number of carbonyl (C=O) groups excluding carboxylic acids is 1. The number of nitrogens with zero attached hydrogens (tertiary/aromatic N) is 3. The van der Waals surface area contributed by atoms with Gasteiger partial charge < -0.3 is 10.2 Å². The summed E-state index contributed by atoms with van der Waals surface area (Å²) in [4.78, 5) is 14.3. The zero-order chi connectivity index (χ0) is 18.4. The molecule has 3 aromatic rings. The lowest BCUT2D eigenvalue weighted by Gasteiger charge is -2.21. The van der Waals surface area contributed by atoms with Crippen molar-refractivity contribution in [2.75, 3.05) is 16.8 Å². The maximum atomic E-state index is 13.6. The number of rotatable bonds is 6. The SMILES string of the molecule is CCN(Cc1ccccc1)c1ccc(C(=O)Nc2ccccc2F)nn1. The van der Waals surface area contributed by atoms with Crippen LogP contribution in [0.15, 0.2) is 66.7 Å². The zero-order valence-corrected chi connectivity index (χ0v) is 14.4. The molecule has 0 bridgehead atoms. The Hall–Kier alpha value is -3.28. The van der Waals surface area contributed by atoms with Gasteiger partial charge in [-0.05, 0) is 36.8 Å². The number of carbonyl (C=O) groups is 1. The van der Waals surface area contributed by atoms with Gasteiger partial charge >= 0.3 is 0 Å². The Morgan fingerprint density at radius 2 is 1.73 bits per heavy atom. The summed E-state index contributed by atoms with van der Waals surface area (Å²) in [6.45, 7) is 3.49. The summed E-state index contributed by atoms with van der Waals surface area (Å²) < 4.78 is 13.6. The molecule has 0 unspecified atom stereocenters. The predicted molar refractivity (Wildman–Crippen MR) is 99.6 cm³/mol. The van der Waals surface area contributed by atoms with Gasteiger partial charge in [0.05, 0.1) is 5.69 Å². The van der Waals surface area contributed by atoms with Crippen LogP contribution in [0.1, 0.15) is 23.0 Å². The van der Waals surface area contributed by atoms with Gasteiger partial charge in [-0.25, -0.2) is 4.39 Å². The number of benzene rings is 2. The molecule has 5 nitrogen and oxygen atoms in total. The van der Waals surface area contributed by atoms with Crippen molar-refractivity contribution < 1.29 is 9.18 Å². The molecule has 1 amide bonds. The van der Waals surface area contributed by atoms with Gasteiger partial charge in [-0.2, -0.15) is 0 Å². The first kappa shape index (κ1) is 17.5. The lowest BCUT2D eigenvalue weighted by atomic mass is 10.2. The number of halogens is 1. The fourth-order valence-corrected chi connectivity index (χ4v) is 2.52. The number of aromatic nitrogens is 2. The van der Waals surface area contributed by atoms with Gasteiger partial charge in [0.25, 0.3) is 5.91 Å². The highest BCUT2D eigenvalue weighted by atomic mass is 19.1. The van der Waals surface area contributed by atoms with Crippen LogP contribution in [0, 0.1) is 5.82 Å². The predicted octanol–water partition coefficient (Wildman–Crippen LogP) is 3.89. The van der Waals surface area contributed by atoms with Gasteiger partial charge in [-0.3, -0.25) is 4.79 Å². The van der Waals surface area contributed by atoms with Crippen LogP contribution < -0.4 is 10.2 Å². The van der Waals surface area contributed by atoms with Crippen molar-refractivity contribution in [2.45, 2.75) is 13.5 Å². The number of para-hydroxylation sites is 1. The summed E-state index contributed by atoms with van der Waals surface area (Å²) in [5.41, 5.74) is 1.41. The molecule has 1 heterocycles. The maximum absolute atomic E-state index is 13.6. The summed E-state index contributed by atoms with van der Waals surface area (Å²) in [6.07, 6.45) is 0. The van der Waals surface area contributed by atoms with Crippen molar-refractivity contribution in [1.82, 2.24) is 10.2 Å². The highest BCUT2D eigenvalue weighted by molar-refractivity contribution is 6.02. The van der Waals surface area contributed by atoms with Crippen molar-refractivity contribution in [3.63, 3.8) is 0 Å². The van der Waals surface area contributed by atoms with Crippen LogP contribution in [0.25, 0.3) is 0 Å². The largest absolute Gasteiger partial charge is 0.351 e. The summed E-state index contributed by atoms with van der Waals surface area (Å²) in [5, 5.41) is 10.6. The van der Waals surface area contributed by atoms with Crippen LogP contribution in [-0.2, 0) is 6.54 Å². The van der Waals surface area contributed by atoms with Crippen LogP contribution in [0.3, 0.4) is 0 Å². The molecule has 0 atom stereocenters. The number of amides is 1. The molecule has 1 aromatic heterocycles. The van der Waals surface area contributed by atoms with Gasteiger partial charge in [0.15, 0.2) is 11.5 Å². The van der Waals surface area contributed by atoms with Crippen molar-refractivity contribution in [1.29, 1.82) is 0 Å². The minimum absolute atomic E-state index is 0.114. The fraction of sp³-hybridized carbons (Fsp3) is 0.150. The molecule has 6 heteroatoms. The van der Waals surface area contributed by atoms with E-state index in [1.807, 2.05) is 37.3 Å². The molecule has 0 fully saturated rings. The third-order valence-corrected chi connectivity index (χ3v) is 3.93. The Morgan fingerprint density at radius 3 is 2.38 bits per heavy atom. The molecule has 0 aliphatic rings. The lowest BCUT2D eigenvalue weighted by molar-refractivity contribution is 0.102. The van der Waals surface area contributed by atoms with E-state index >= 15 is 0 Å². The van der Waals surface area contributed by atoms with Crippen LogP contribution in [-0.4, -0.2) is 22.6 Å². The molecule has 26 heavy (non-hydrogen) atoms. The molecule has 0 spiro atoms. The molecule has 0 aliphatic heterocycles. The maximum Gasteiger partial charge on any atom is 0.276 e. The number of anilines is 2. The minimum Gasteiger partial charge on any atom is -0.351 e. The Bertz CT molecular complexity index is 868. The van der Waals surface area contributed by atoms with E-state index in [4.69, 9.17) is 0 Å². The number of hydrogen-bond donors (Lipinski definition) is 1. The van der Waals surface area contributed by atoms with E-state index in [0.29, 0.717) is 12.4 Å². The van der Waals surface area contributed by atoms with Crippen molar-refractivity contribution in [3.05, 3.63) is 83.8 Å². The normalized spacial score (nSPS) is 10.4. The average Bonchev–Trinajstić information content (AvgIpc) is 2.69. The Morgan fingerprint density at radius 1 is 1.00 bits per heavy atom. The van der Waals surface area contributed by atoms with Crippen molar-refractivity contribution >= 4 is 17.4 Å². The van der Waals surface area contributed by atoms with E-state index < -0.39 is 11.7 Å². The molecule has 0 aliphatic carbocycles. The zero-order valence-electron chi connectivity index (χ0n) is 14.4. The molecule has 132 valence electrons. The second-order valence-corrected chi connectivity index (χ2v) is 5.71. The first-order chi connectivity index (χ1) is 12.7. The highest BCUT2D eigenvalue weighted by Gasteiger charge is 2.13. The van der Waals surface area contributed by atoms with Crippen LogP contribution in [0.4, 0.5) is 15.9 Å². The van der Waals surface area contributed by atoms with Gasteiger partial charge in [0.1, 0.15) is 5.82 Å². The van der Waals surface area contributed by atoms with Crippen LogP contribution in [0.5, 0.6) is 0 Å². The van der Waals surface area contributed by atoms with Crippen LogP contribution >= 0.6 is 0 Å². The summed E-state index contributed by atoms with van der Waals surface area (Å²) in [7, 11) is 0. The topological polar surface area (TPSA) is 58.1 Å². The van der Waals surface area contributed by atoms with E-state index in [1.54, 1.807) is 24.3 Å². The van der Waals surface area contributed by atoms with E-state index in [0.717, 1.165) is 12.1 Å². The molecular weight excluding hydrogens is 331 g/mol. The van der Waals surface area contributed by atoms with Crippen molar-refractivity contribution in [2.24, 2.45) is 0 Å². The summed E-state index contributed by atoms with van der Waals surface area (Å²) in [5.74, 6) is -0.315. The minimum atomic E-state index is -0.500. The molecule has 1 N–H and O–H groups in total. The van der Waals surface area contributed by atoms with E-state index in [2.05, 4.69) is 20.4 Å². The Labute approximate surface area is 151 Å². The molecule has 0 saturated carbocycles. The third-order valence-electron chi connectivity index (χ3n) is 3.93. The molecule has 3 rings (SSSR count). The fourth-order valence-electron chi connectivity index (χ4n) is 2.52. The van der Waals surface area contributed by atoms with Gasteiger partial charge in [0.2, 0.25) is 0 Å².